The summed E-state index contributed by atoms with van der Waals surface area (Å²) in [6, 6.07) is 12.7. The quantitative estimate of drug-likeness (QED) is 0.375. The molecule has 0 spiro atoms. The lowest BCUT2D eigenvalue weighted by Crippen LogP contribution is -2.23. The third kappa shape index (κ3) is 3.59. The molecule has 0 amide bonds. The summed E-state index contributed by atoms with van der Waals surface area (Å²) in [4.78, 5) is 7.98. The number of pyridine rings is 2. The first-order valence-corrected chi connectivity index (χ1v) is 10.1. The van der Waals surface area contributed by atoms with Gasteiger partial charge in [0.15, 0.2) is 0 Å². The molecular formula is C20H16FN5O2S. The largest absolute Gasteiger partial charge is 0.298 e. The van der Waals surface area contributed by atoms with Crippen LogP contribution >= 0.6 is 0 Å². The molecule has 0 bridgehead atoms. The molecule has 0 fully saturated rings. The molecule has 0 aliphatic rings. The van der Waals surface area contributed by atoms with Crippen molar-refractivity contribution in [3.05, 3.63) is 84.8 Å². The smallest absolute Gasteiger partial charge is 0.281 e. The number of hydrazone groups is 1. The van der Waals surface area contributed by atoms with Crippen molar-refractivity contribution in [3.8, 4) is 11.1 Å². The summed E-state index contributed by atoms with van der Waals surface area (Å²) in [6.07, 6.45) is 8.26. The first-order chi connectivity index (χ1) is 14.0. The molecule has 0 aliphatic carbocycles. The van der Waals surface area contributed by atoms with Crippen LogP contribution in [0.1, 0.15) is 5.69 Å². The van der Waals surface area contributed by atoms with E-state index in [2.05, 4.69) is 15.1 Å². The summed E-state index contributed by atoms with van der Waals surface area (Å²) < 4.78 is 41.5. The molecule has 146 valence electrons. The lowest BCUT2D eigenvalue weighted by atomic mass is 10.1. The van der Waals surface area contributed by atoms with Gasteiger partial charge in [-0.1, -0.05) is 18.2 Å². The van der Waals surface area contributed by atoms with Crippen molar-refractivity contribution < 1.29 is 12.8 Å². The zero-order valence-corrected chi connectivity index (χ0v) is 16.2. The molecule has 0 saturated carbocycles. The Balaban J connectivity index is 1.67. The zero-order chi connectivity index (χ0) is 20.4. The van der Waals surface area contributed by atoms with Crippen LogP contribution in [0.25, 0.3) is 16.8 Å². The molecule has 0 N–H and O–H groups in total. The Morgan fingerprint density at radius 3 is 2.66 bits per heavy atom. The number of benzene rings is 1. The van der Waals surface area contributed by atoms with Crippen LogP contribution in [-0.2, 0) is 10.0 Å². The average molecular weight is 409 g/mol. The highest BCUT2D eigenvalue weighted by atomic mass is 32.2. The van der Waals surface area contributed by atoms with Gasteiger partial charge in [-0.05, 0) is 30.3 Å². The minimum atomic E-state index is -4.10. The molecule has 0 saturated heterocycles. The van der Waals surface area contributed by atoms with Gasteiger partial charge in [0, 0.05) is 36.8 Å². The fourth-order valence-corrected chi connectivity index (χ4v) is 3.82. The summed E-state index contributed by atoms with van der Waals surface area (Å²) in [5.74, 6) is -0.828. The fraction of sp³-hybridized carbons (Fsp3) is 0.0500. The van der Waals surface area contributed by atoms with Gasteiger partial charge in [-0.2, -0.15) is 17.9 Å². The number of sulfonamides is 1. The minimum absolute atomic E-state index is 0.434. The van der Waals surface area contributed by atoms with E-state index in [0.29, 0.717) is 11.3 Å². The van der Waals surface area contributed by atoms with Crippen molar-refractivity contribution in [1.29, 1.82) is 0 Å². The van der Waals surface area contributed by atoms with Gasteiger partial charge in [-0.25, -0.2) is 9.37 Å². The van der Waals surface area contributed by atoms with E-state index >= 15 is 0 Å². The minimum Gasteiger partial charge on any atom is -0.298 e. The van der Waals surface area contributed by atoms with Crippen LogP contribution in [0.3, 0.4) is 0 Å². The van der Waals surface area contributed by atoms with Gasteiger partial charge in [0.1, 0.15) is 16.4 Å². The van der Waals surface area contributed by atoms with Gasteiger partial charge in [0.2, 0.25) is 0 Å². The highest BCUT2D eigenvalue weighted by molar-refractivity contribution is 7.89. The molecule has 7 nitrogen and oxygen atoms in total. The molecule has 9 heteroatoms. The van der Waals surface area contributed by atoms with Crippen molar-refractivity contribution in [3.63, 3.8) is 0 Å². The lowest BCUT2D eigenvalue weighted by molar-refractivity contribution is 0.481. The molecule has 3 aromatic heterocycles. The number of imidazole rings is 1. The number of aromatic nitrogens is 3. The fourth-order valence-electron chi connectivity index (χ4n) is 2.80. The number of hydrogen-bond donors (Lipinski definition) is 0. The summed E-state index contributed by atoms with van der Waals surface area (Å²) in [6.45, 7) is 0. The molecule has 1 aromatic carbocycles. The topological polar surface area (TPSA) is 79.9 Å². The molecule has 4 aromatic rings. The van der Waals surface area contributed by atoms with Crippen LogP contribution in [0.15, 0.2) is 83.3 Å². The van der Waals surface area contributed by atoms with Crippen molar-refractivity contribution in [1.82, 2.24) is 18.8 Å². The number of fused-ring (bicyclic) bond motifs is 1. The molecule has 0 unspecified atom stereocenters. The third-order valence-corrected chi connectivity index (χ3v) is 6.02. The highest BCUT2D eigenvalue weighted by Crippen LogP contribution is 2.20. The molecule has 3 heterocycles. The van der Waals surface area contributed by atoms with Crippen LogP contribution in [0.5, 0.6) is 0 Å². The maximum Gasteiger partial charge on any atom is 0.281 e. The first-order valence-electron chi connectivity index (χ1n) is 8.62. The second-order valence-electron chi connectivity index (χ2n) is 6.19. The van der Waals surface area contributed by atoms with Gasteiger partial charge >= 0.3 is 0 Å². The Morgan fingerprint density at radius 1 is 1.07 bits per heavy atom. The number of hydrogen-bond acceptors (Lipinski definition) is 5. The number of rotatable bonds is 5. The second-order valence-corrected chi connectivity index (χ2v) is 8.10. The normalized spacial score (nSPS) is 11.9. The Hall–Kier alpha value is -3.59. The van der Waals surface area contributed by atoms with Gasteiger partial charge in [0.05, 0.1) is 18.1 Å². The van der Waals surface area contributed by atoms with E-state index in [0.717, 1.165) is 21.6 Å². The maximum absolute atomic E-state index is 13.9. The van der Waals surface area contributed by atoms with Crippen LogP contribution in [0, 0.1) is 5.82 Å². The Kier molecular flexibility index (Phi) is 4.81. The Morgan fingerprint density at radius 2 is 1.90 bits per heavy atom. The van der Waals surface area contributed by atoms with Crippen LogP contribution in [-0.4, -0.2) is 40.5 Å². The summed E-state index contributed by atoms with van der Waals surface area (Å²) in [7, 11) is -2.85. The van der Waals surface area contributed by atoms with Crippen molar-refractivity contribution >= 4 is 21.9 Å². The van der Waals surface area contributed by atoms with Crippen molar-refractivity contribution in [2.24, 2.45) is 5.10 Å². The summed E-state index contributed by atoms with van der Waals surface area (Å²) in [5, 5.41) is 3.99. The predicted molar refractivity (Wildman–Crippen MR) is 107 cm³/mol. The monoisotopic (exact) mass is 409 g/mol. The highest BCUT2D eigenvalue weighted by Gasteiger charge is 2.23. The van der Waals surface area contributed by atoms with E-state index < -0.39 is 20.7 Å². The van der Waals surface area contributed by atoms with Gasteiger partial charge in [-0.3, -0.25) is 9.38 Å². The Bertz CT molecular complexity index is 1300. The van der Waals surface area contributed by atoms with Crippen molar-refractivity contribution in [2.75, 3.05) is 7.05 Å². The summed E-state index contributed by atoms with van der Waals surface area (Å²) in [5.41, 5.74) is 3.11. The Labute approximate surface area is 166 Å². The lowest BCUT2D eigenvalue weighted by Gasteiger charge is -2.13. The second kappa shape index (κ2) is 7.44. The maximum atomic E-state index is 13.9. The average Bonchev–Trinajstić information content (AvgIpc) is 3.15. The van der Waals surface area contributed by atoms with Crippen LogP contribution in [0.2, 0.25) is 0 Å². The van der Waals surface area contributed by atoms with E-state index in [1.165, 1.54) is 31.5 Å². The van der Waals surface area contributed by atoms with E-state index in [4.69, 9.17) is 0 Å². The molecular weight excluding hydrogens is 393 g/mol. The van der Waals surface area contributed by atoms with E-state index in [1.807, 2.05) is 30.5 Å². The summed E-state index contributed by atoms with van der Waals surface area (Å²) >= 11 is 0. The third-order valence-electron chi connectivity index (χ3n) is 4.34. The molecule has 4 rings (SSSR count). The van der Waals surface area contributed by atoms with Gasteiger partial charge in [0.25, 0.3) is 10.0 Å². The van der Waals surface area contributed by atoms with E-state index in [9.17, 15) is 12.8 Å². The molecule has 29 heavy (non-hydrogen) atoms. The number of halogens is 1. The van der Waals surface area contributed by atoms with Crippen molar-refractivity contribution in [2.45, 2.75) is 4.90 Å². The van der Waals surface area contributed by atoms with E-state index in [1.54, 1.807) is 23.0 Å². The number of nitrogens with zero attached hydrogens (tertiary/aromatic N) is 5. The van der Waals surface area contributed by atoms with Crippen LogP contribution in [0.4, 0.5) is 4.39 Å². The van der Waals surface area contributed by atoms with E-state index in [-0.39, 0.29) is 0 Å². The molecule has 0 aliphatic heterocycles. The zero-order valence-electron chi connectivity index (χ0n) is 15.3. The van der Waals surface area contributed by atoms with Gasteiger partial charge in [-0.15, -0.1) is 0 Å². The molecule has 0 radical (unpaired) electrons. The SMILES string of the molecule is CN(/N=C/c1cnc2ccc(-c3cccnc3)cn12)S(=O)(=O)c1ccccc1F. The van der Waals surface area contributed by atoms with Crippen LogP contribution < -0.4 is 0 Å². The standard InChI is InChI=1S/C20H16FN5O2S/c1-25(29(27,28)19-7-3-2-6-18(19)21)24-13-17-12-23-20-9-8-16(14-26(17)20)15-5-4-10-22-11-15/h2-14H,1H3/b24-13+. The first kappa shape index (κ1) is 18.8. The predicted octanol–water partition coefficient (Wildman–Crippen LogP) is 3.19. The van der Waals surface area contributed by atoms with Gasteiger partial charge < -0.3 is 0 Å². The molecule has 0 atom stereocenters.